The van der Waals surface area contributed by atoms with Gasteiger partial charge in [0.25, 0.3) is 5.69 Å². The highest BCUT2D eigenvalue weighted by atomic mass is 35.5. The number of benzene rings is 2. The molecular formula is C22H25ClN2O9. The van der Waals surface area contributed by atoms with Crippen LogP contribution >= 0.6 is 11.6 Å². The maximum absolute atomic E-state index is 10.9. The lowest BCUT2D eigenvalue weighted by molar-refractivity contribution is -0.384. The number of nitro benzene ring substituents is 1. The van der Waals surface area contributed by atoms with Crippen molar-refractivity contribution in [2.75, 3.05) is 26.8 Å². The molecule has 1 aliphatic heterocycles. The second-order valence-corrected chi connectivity index (χ2v) is 7.55. The van der Waals surface area contributed by atoms with Gasteiger partial charge in [-0.3, -0.25) is 10.1 Å². The standard InChI is InChI=1S/C20H23ClN2O5.C2H2O4/c1-26-15-5-3-14-4-6-17(28-20(14)12-15)13-22-9-2-10-27-16-7-8-18(21)19(11-16)23(24)25;3-1(4)2(5)6/h3,5,7-8,11-12,17,22H,2,4,6,9-10,13H2,1H3;(H,3,4)(H,5,6). The molecule has 1 atom stereocenters. The van der Waals surface area contributed by atoms with Crippen LogP contribution in [0.1, 0.15) is 18.4 Å². The minimum atomic E-state index is -1.82. The lowest BCUT2D eigenvalue weighted by Crippen LogP contribution is -2.35. The molecule has 3 N–H and O–H groups in total. The highest BCUT2D eigenvalue weighted by Crippen LogP contribution is 2.31. The SMILES string of the molecule is COc1ccc2c(c1)OC(CNCCCOc1ccc(Cl)c([N+](=O)[O-])c1)CC2.O=C(O)C(=O)O. The number of fused-ring (bicyclic) bond motifs is 1. The van der Waals surface area contributed by atoms with E-state index in [2.05, 4.69) is 11.4 Å². The Balaban J connectivity index is 0.000000604. The summed E-state index contributed by atoms with van der Waals surface area (Å²) in [5.74, 6) is -1.51. The summed E-state index contributed by atoms with van der Waals surface area (Å²) in [7, 11) is 1.65. The Bertz CT molecular complexity index is 1000. The zero-order valence-electron chi connectivity index (χ0n) is 18.4. The van der Waals surface area contributed by atoms with Crippen LogP contribution in [0.15, 0.2) is 36.4 Å². The van der Waals surface area contributed by atoms with Crippen molar-refractivity contribution in [2.24, 2.45) is 0 Å². The summed E-state index contributed by atoms with van der Waals surface area (Å²) in [5, 5.41) is 29.1. The summed E-state index contributed by atoms with van der Waals surface area (Å²) in [6, 6.07) is 10.4. The predicted octanol–water partition coefficient (Wildman–Crippen LogP) is 3.16. The van der Waals surface area contributed by atoms with E-state index < -0.39 is 16.9 Å². The number of carbonyl (C=O) groups is 2. The van der Waals surface area contributed by atoms with Gasteiger partial charge in [0.15, 0.2) is 0 Å². The molecule has 0 aliphatic carbocycles. The molecule has 11 nitrogen and oxygen atoms in total. The monoisotopic (exact) mass is 496 g/mol. The van der Waals surface area contributed by atoms with Crippen LogP contribution in [-0.2, 0) is 16.0 Å². The molecule has 1 aliphatic rings. The third kappa shape index (κ3) is 8.41. The van der Waals surface area contributed by atoms with Crippen molar-refractivity contribution in [3.05, 3.63) is 57.1 Å². The average molecular weight is 497 g/mol. The van der Waals surface area contributed by atoms with Gasteiger partial charge in [-0.2, -0.15) is 0 Å². The molecule has 1 unspecified atom stereocenters. The van der Waals surface area contributed by atoms with Gasteiger partial charge in [-0.25, -0.2) is 9.59 Å². The predicted molar refractivity (Wildman–Crippen MR) is 122 cm³/mol. The molecule has 2 aromatic rings. The Morgan fingerprint density at radius 1 is 1.21 bits per heavy atom. The third-order valence-corrected chi connectivity index (χ3v) is 5.06. The Morgan fingerprint density at radius 2 is 1.91 bits per heavy atom. The van der Waals surface area contributed by atoms with Crippen LogP contribution < -0.4 is 19.5 Å². The van der Waals surface area contributed by atoms with E-state index in [0.717, 1.165) is 43.9 Å². The maximum atomic E-state index is 10.9. The van der Waals surface area contributed by atoms with Crippen LogP contribution in [0.2, 0.25) is 5.02 Å². The second-order valence-electron chi connectivity index (χ2n) is 7.14. The molecule has 0 spiro atoms. The first-order chi connectivity index (χ1) is 16.2. The van der Waals surface area contributed by atoms with E-state index in [0.29, 0.717) is 12.4 Å². The first-order valence-corrected chi connectivity index (χ1v) is 10.7. The number of carboxylic acids is 2. The zero-order chi connectivity index (χ0) is 25.1. The smallest absolute Gasteiger partial charge is 0.414 e. The van der Waals surface area contributed by atoms with E-state index in [4.69, 9.17) is 45.6 Å². The van der Waals surface area contributed by atoms with Gasteiger partial charge in [0, 0.05) is 12.6 Å². The maximum Gasteiger partial charge on any atom is 0.414 e. The number of nitrogens with one attached hydrogen (secondary N) is 1. The minimum absolute atomic E-state index is 0.102. The number of hydrogen-bond donors (Lipinski definition) is 3. The minimum Gasteiger partial charge on any atom is -0.497 e. The third-order valence-electron chi connectivity index (χ3n) is 4.74. The van der Waals surface area contributed by atoms with Crippen molar-refractivity contribution in [1.82, 2.24) is 5.32 Å². The molecule has 0 fully saturated rings. The summed E-state index contributed by atoms with van der Waals surface area (Å²) in [5.41, 5.74) is 1.06. The van der Waals surface area contributed by atoms with Crippen molar-refractivity contribution in [3.8, 4) is 17.2 Å². The number of halogens is 1. The second kappa shape index (κ2) is 13.2. The van der Waals surface area contributed by atoms with E-state index in [9.17, 15) is 10.1 Å². The van der Waals surface area contributed by atoms with Crippen LogP contribution in [-0.4, -0.2) is 60.0 Å². The molecule has 12 heteroatoms. The summed E-state index contributed by atoms with van der Waals surface area (Å²) >= 11 is 5.79. The lowest BCUT2D eigenvalue weighted by atomic mass is 10.0. The van der Waals surface area contributed by atoms with Crippen LogP contribution in [0.3, 0.4) is 0 Å². The van der Waals surface area contributed by atoms with Crippen molar-refractivity contribution < 1.29 is 38.9 Å². The van der Waals surface area contributed by atoms with Crippen LogP contribution in [0.25, 0.3) is 0 Å². The Hall–Kier alpha value is -3.57. The van der Waals surface area contributed by atoms with Gasteiger partial charge < -0.3 is 29.7 Å². The largest absolute Gasteiger partial charge is 0.497 e. The van der Waals surface area contributed by atoms with Gasteiger partial charge in [0.1, 0.15) is 28.4 Å². The van der Waals surface area contributed by atoms with Crippen molar-refractivity contribution in [1.29, 1.82) is 0 Å². The number of carboxylic acid groups (broad SMARTS) is 2. The molecule has 1 heterocycles. The van der Waals surface area contributed by atoms with Gasteiger partial charge in [0.05, 0.1) is 24.7 Å². The number of nitro groups is 1. The highest BCUT2D eigenvalue weighted by Gasteiger charge is 2.20. The van der Waals surface area contributed by atoms with E-state index >= 15 is 0 Å². The highest BCUT2D eigenvalue weighted by molar-refractivity contribution is 6.32. The summed E-state index contributed by atoms with van der Waals surface area (Å²) in [4.78, 5) is 28.6. The number of ether oxygens (including phenoxy) is 3. The quantitative estimate of drug-likeness (QED) is 0.204. The van der Waals surface area contributed by atoms with Gasteiger partial charge in [-0.05, 0) is 49.6 Å². The van der Waals surface area contributed by atoms with Crippen molar-refractivity contribution in [3.63, 3.8) is 0 Å². The molecule has 0 bridgehead atoms. The fourth-order valence-corrected chi connectivity index (χ4v) is 3.24. The number of rotatable bonds is 9. The van der Waals surface area contributed by atoms with E-state index in [1.165, 1.54) is 17.7 Å². The topological polar surface area (TPSA) is 157 Å². The molecular weight excluding hydrogens is 472 g/mol. The van der Waals surface area contributed by atoms with Gasteiger partial charge in [-0.1, -0.05) is 17.7 Å². The number of aryl methyl sites for hydroxylation is 1. The van der Waals surface area contributed by atoms with Crippen LogP contribution in [0.4, 0.5) is 5.69 Å². The molecule has 0 saturated carbocycles. The van der Waals surface area contributed by atoms with Gasteiger partial charge in [0.2, 0.25) is 0 Å². The fourth-order valence-electron chi connectivity index (χ4n) is 3.05. The fraction of sp³-hybridized carbons (Fsp3) is 0.364. The molecule has 3 rings (SSSR count). The van der Waals surface area contributed by atoms with Crippen molar-refractivity contribution in [2.45, 2.75) is 25.4 Å². The first-order valence-electron chi connectivity index (χ1n) is 10.3. The van der Waals surface area contributed by atoms with Crippen LogP contribution in [0.5, 0.6) is 17.2 Å². The number of methoxy groups -OCH3 is 1. The zero-order valence-corrected chi connectivity index (χ0v) is 19.1. The summed E-state index contributed by atoms with van der Waals surface area (Å²) in [6.07, 6.45) is 2.86. The molecule has 0 aromatic heterocycles. The lowest BCUT2D eigenvalue weighted by Gasteiger charge is -2.26. The van der Waals surface area contributed by atoms with E-state index in [-0.39, 0.29) is 16.8 Å². The molecule has 0 amide bonds. The molecule has 184 valence electrons. The van der Waals surface area contributed by atoms with Crippen LogP contribution in [0, 0.1) is 10.1 Å². The summed E-state index contributed by atoms with van der Waals surface area (Å²) < 4.78 is 16.9. The Labute approximate surface area is 200 Å². The summed E-state index contributed by atoms with van der Waals surface area (Å²) in [6.45, 7) is 1.97. The number of hydrogen-bond acceptors (Lipinski definition) is 8. The molecule has 0 saturated heterocycles. The molecule has 34 heavy (non-hydrogen) atoms. The van der Waals surface area contributed by atoms with E-state index in [1.807, 2.05) is 12.1 Å². The van der Waals surface area contributed by atoms with Crippen molar-refractivity contribution >= 4 is 29.2 Å². The Morgan fingerprint density at radius 3 is 2.56 bits per heavy atom. The Kier molecular flexibility index (Phi) is 10.4. The van der Waals surface area contributed by atoms with Gasteiger partial charge >= 0.3 is 11.9 Å². The average Bonchev–Trinajstić information content (AvgIpc) is 2.81. The van der Waals surface area contributed by atoms with Gasteiger partial charge in [-0.15, -0.1) is 0 Å². The first kappa shape index (κ1) is 26.7. The number of aliphatic carboxylic acids is 2. The molecule has 0 radical (unpaired) electrons. The molecule has 2 aromatic carbocycles. The number of nitrogens with zero attached hydrogens (tertiary/aromatic N) is 1. The normalized spacial score (nSPS) is 14.0. The van der Waals surface area contributed by atoms with E-state index in [1.54, 1.807) is 13.2 Å².